The fourth-order valence-electron chi connectivity index (χ4n) is 4.57. The molecule has 0 saturated carbocycles. The van der Waals surface area contributed by atoms with Crippen LogP contribution in [0.4, 0.5) is 5.69 Å². The predicted octanol–water partition coefficient (Wildman–Crippen LogP) is 5.58. The minimum Gasteiger partial charge on any atom is -0.497 e. The summed E-state index contributed by atoms with van der Waals surface area (Å²) in [5.41, 5.74) is 1.67. The monoisotopic (exact) mass is 639 g/mol. The molecule has 0 aliphatic rings. The van der Waals surface area contributed by atoms with Crippen molar-refractivity contribution >= 4 is 50.7 Å². The van der Waals surface area contributed by atoms with Gasteiger partial charge in [0.25, 0.3) is 10.0 Å². The third kappa shape index (κ3) is 7.87. The smallest absolute Gasteiger partial charge is 0.264 e. The highest BCUT2D eigenvalue weighted by atomic mass is 35.5. The summed E-state index contributed by atoms with van der Waals surface area (Å²) in [5, 5.41) is 3.28. The number of benzene rings is 4. The van der Waals surface area contributed by atoms with Crippen molar-refractivity contribution in [1.82, 2.24) is 10.2 Å². The molecule has 1 atom stereocenters. The number of sulfonamides is 1. The van der Waals surface area contributed by atoms with Crippen LogP contribution in [0.15, 0.2) is 108 Å². The van der Waals surface area contributed by atoms with Gasteiger partial charge in [0.15, 0.2) is 0 Å². The van der Waals surface area contributed by atoms with Gasteiger partial charge in [-0.05, 0) is 47.5 Å². The number of ether oxygens (including phenoxy) is 1. The topological polar surface area (TPSA) is 96.0 Å². The van der Waals surface area contributed by atoms with E-state index in [4.69, 9.17) is 27.9 Å². The fraction of sp³-hybridized carbons (Fsp3) is 0.188. The van der Waals surface area contributed by atoms with E-state index >= 15 is 0 Å². The second kappa shape index (κ2) is 14.4. The molecule has 0 saturated heterocycles. The SMILES string of the molecule is CNC(=O)[C@H](Cc1ccccc1)N(Cc1ccc(Cl)c(Cl)c1)C(=O)CN(c1cccc(OC)c1)S(=O)(=O)c1ccccc1. The summed E-state index contributed by atoms with van der Waals surface area (Å²) in [5.74, 6) is -0.591. The van der Waals surface area contributed by atoms with Gasteiger partial charge in [-0.15, -0.1) is 0 Å². The van der Waals surface area contributed by atoms with Crippen LogP contribution in [0.25, 0.3) is 0 Å². The van der Waals surface area contributed by atoms with Crippen molar-refractivity contribution in [2.75, 3.05) is 25.0 Å². The lowest BCUT2D eigenvalue weighted by Gasteiger charge is -2.33. The lowest BCUT2D eigenvalue weighted by atomic mass is 10.0. The molecule has 0 heterocycles. The van der Waals surface area contributed by atoms with E-state index in [1.807, 2.05) is 30.3 Å². The van der Waals surface area contributed by atoms with Crippen molar-refractivity contribution in [2.24, 2.45) is 0 Å². The van der Waals surface area contributed by atoms with Crippen LogP contribution < -0.4 is 14.4 Å². The van der Waals surface area contributed by atoms with Gasteiger partial charge in [-0.1, -0.05) is 83.9 Å². The molecular formula is C32H31Cl2N3O5S. The van der Waals surface area contributed by atoms with E-state index in [0.717, 1.165) is 9.87 Å². The maximum atomic E-state index is 14.3. The molecule has 0 spiro atoms. The number of carbonyl (C=O) groups excluding carboxylic acids is 2. The van der Waals surface area contributed by atoms with Crippen LogP contribution in [0.1, 0.15) is 11.1 Å². The highest BCUT2D eigenvalue weighted by Crippen LogP contribution is 2.28. The first-order valence-electron chi connectivity index (χ1n) is 13.3. The Bertz CT molecular complexity index is 1670. The molecule has 4 aromatic rings. The second-order valence-electron chi connectivity index (χ2n) is 9.62. The Morgan fingerprint density at radius 2 is 1.51 bits per heavy atom. The normalized spacial score (nSPS) is 11.8. The molecule has 0 aliphatic heterocycles. The van der Waals surface area contributed by atoms with E-state index in [1.54, 1.807) is 54.6 Å². The largest absolute Gasteiger partial charge is 0.497 e. The molecule has 8 nitrogen and oxygen atoms in total. The van der Waals surface area contributed by atoms with Gasteiger partial charge in [0, 0.05) is 26.1 Å². The Kier molecular flexibility index (Phi) is 10.7. The van der Waals surface area contributed by atoms with E-state index in [-0.39, 0.29) is 28.6 Å². The van der Waals surface area contributed by atoms with Gasteiger partial charge in [-0.2, -0.15) is 0 Å². The number of methoxy groups -OCH3 is 1. The quantitative estimate of drug-likeness (QED) is 0.218. The van der Waals surface area contributed by atoms with Gasteiger partial charge in [0.2, 0.25) is 11.8 Å². The van der Waals surface area contributed by atoms with Crippen molar-refractivity contribution in [3.05, 3.63) is 124 Å². The molecule has 0 radical (unpaired) electrons. The third-order valence-electron chi connectivity index (χ3n) is 6.81. The first-order valence-corrected chi connectivity index (χ1v) is 15.5. The molecule has 4 aromatic carbocycles. The minimum atomic E-state index is -4.21. The summed E-state index contributed by atoms with van der Waals surface area (Å²) in [6.45, 7) is -0.619. The van der Waals surface area contributed by atoms with Crippen LogP contribution in [-0.2, 0) is 32.6 Å². The summed E-state index contributed by atoms with van der Waals surface area (Å²) in [6.07, 6.45) is 0.193. The molecule has 0 fully saturated rings. The van der Waals surface area contributed by atoms with E-state index in [2.05, 4.69) is 5.32 Å². The van der Waals surface area contributed by atoms with E-state index in [9.17, 15) is 18.0 Å². The van der Waals surface area contributed by atoms with Gasteiger partial charge in [0.1, 0.15) is 18.3 Å². The second-order valence-corrected chi connectivity index (χ2v) is 12.3. The van der Waals surface area contributed by atoms with Gasteiger partial charge < -0.3 is 15.0 Å². The molecule has 224 valence electrons. The lowest BCUT2D eigenvalue weighted by Crippen LogP contribution is -2.53. The van der Waals surface area contributed by atoms with Crippen LogP contribution in [0.2, 0.25) is 10.0 Å². The summed E-state index contributed by atoms with van der Waals surface area (Å²) < 4.78 is 34.3. The molecular weight excluding hydrogens is 609 g/mol. The summed E-state index contributed by atoms with van der Waals surface area (Å²) in [4.78, 5) is 29.0. The van der Waals surface area contributed by atoms with Gasteiger partial charge in [-0.25, -0.2) is 8.42 Å². The Labute approximate surface area is 261 Å². The molecule has 0 unspecified atom stereocenters. The summed E-state index contributed by atoms with van der Waals surface area (Å²) >= 11 is 12.4. The van der Waals surface area contributed by atoms with E-state index in [1.165, 1.54) is 37.3 Å². The Morgan fingerprint density at radius 3 is 2.14 bits per heavy atom. The van der Waals surface area contributed by atoms with Crippen LogP contribution in [0.5, 0.6) is 5.75 Å². The Morgan fingerprint density at radius 1 is 0.837 bits per heavy atom. The number of nitrogens with zero attached hydrogens (tertiary/aromatic N) is 2. The third-order valence-corrected chi connectivity index (χ3v) is 9.33. The van der Waals surface area contributed by atoms with Crippen LogP contribution in [0, 0.1) is 0 Å². The number of likely N-dealkylation sites (N-methyl/N-ethyl adjacent to an activating group) is 1. The van der Waals surface area contributed by atoms with Crippen molar-refractivity contribution < 1.29 is 22.7 Å². The zero-order chi connectivity index (χ0) is 31.0. The molecule has 2 amide bonds. The van der Waals surface area contributed by atoms with Crippen molar-refractivity contribution in [1.29, 1.82) is 0 Å². The number of amides is 2. The average Bonchev–Trinajstić information content (AvgIpc) is 3.03. The molecule has 1 N–H and O–H groups in total. The molecule has 0 bridgehead atoms. The molecule has 4 rings (SSSR count). The highest BCUT2D eigenvalue weighted by molar-refractivity contribution is 7.92. The van der Waals surface area contributed by atoms with Gasteiger partial charge in [0.05, 0.1) is 27.7 Å². The van der Waals surface area contributed by atoms with E-state index in [0.29, 0.717) is 16.3 Å². The number of hydrogen-bond donors (Lipinski definition) is 1. The van der Waals surface area contributed by atoms with Gasteiger partial charge in [-0.3, -0.25) is 13.9 Å². The van der Waals surface area contributed by atoms with Crippen molar-refractivity contribution in [2.45, 2.75) is 23.9 Å². The molecule has 11 heteroatoms. The lowest BCUT2D eigenvalue weighted by molar-refractivity contribution is -0.139. The van der Waals surface area contributed by atoms with Crippen molar-refractivity contribution in [3.8, 4) is 5.75 Å². The summed E-state index contributed by atoms with van der Waals surface area (Å²) in [6, 6.07) is 27.5. The maximum absolute atomic E-state index is 14.3. The van der Waals surface area contributed by atoms with Crippen LogP contribution in [0.3, 0.4) is 0 Å². The minimum absolute atomic E-state index is 0.00814. The number of carbonyl (C=O) groups is 2. The van der Waals surface area contributed by atoms with Crippen molar-refractivity contribution in [3.63, 3.8) is 0 Å². The first-order chi connectivity index (χ1) is 20.6. The number of halogens is 2. The highest BCUT2D eigenvalue weighted by Gasteiger charge is 2.34. The standard InChI is InChI=1S/C32H31Cl2N3O5S/c1-35-32(39)30(19-23-10-5-3-6-11-23)36(21-24-16-17-28(33)29(34)18-24)31(38)22-37(25-12-9-13-26(20-25)42-2)43(40,41)27-14-7-4-8-15-27/h3-18,20,30H,19,21-22H2,1-2H3,(H,35,39)/t30-/m0/s1. The fourth-order valence-corrected chi connectivity index (χ4v) is 6.32. The Balaban J connectivity index is 1.80. The van der Waals surface area contributed by atoms with Crippen LogP contribution in [-0.4, -0.2) is 51.9 Å². The number of hydrogen-bond acceptors (Lipinski definition) is 5. The molecule has 0 aliphatic carbocycles. The zero-order valence-electron chi connectivity index (χ0n) is 23.6. The Hall–Kier alpha value is -4.05. The molecule has 0 aromatic heterocycles. The predicted molar refractivity (Wildman–Crippen MR) is 169 cm³/mol. The molecule has 43 heavy (non-hydrogen) atoms. The number of nitrogens with one attached hydrogen (secondary N) is 1. The first kappa shape index (κ1) is 31.9. The van der Waals surface area contributed by atoms with Crippen LogP contribution >= 0.6 is 23.2 Å². The zero-order valence-corrected chi connectivity index (χ0v) is 25.9. The summed E-state index contributed by atoms with van der Waals surface area (Å²) in [7, 11) is -1.25. The van der Waals surface area contributed by atoms with Gasteiger partial charge >= 0.3 is 0 Å². The maximum Gasteiger partial charge on any atom is 0.264 e. The average molecular weight is 641 g/mol. The number of anilines is 1. The van der Waals surface area contributed by atoms with E-state index < -0.39 is 34.4 Å². The number of rotatable bonds is 12.